The topological polar surface area (TPSA) is 65.9 Å². The lowest BCUT2D eigenvalue weighted by Gasteiger charge is -2.36. The van der Waals surface area contributed by atoms with E-state index in [1.807, 2.05) is 19.2 Å². The summed E-state index contributed by atoms with van der Waals surface area (Å²) in [5.41, 5.74) is 1.19. The molecule has 0 bridgehead atoms. The monoisotopic (exact) mass is 402 g/mol. The lowest BCUT2D eigenvalue weighted by atomic mass is 10.2. The zero-order valence-corrected chi connectivity index (χ0v) is 17.8. The fraction of sp³-hybridized carbons (Fsp3) is 0.550. The fourth-order valence-electron chi connectivity index (χ4n) is 3.10. The molecule has 0 aliphatic carbocycles. The van der Waals surface area contributed by atoms with E-state index in [0.717, 1.165) is 74.8 Å². The number of guanidine groups is 1. The van der Waals surface area contributed by atoms with Gasteiger partial charge in [0.1, 0.15) is 11.6 Å². The maximum Gasteiger partial charge on any atom is 0.205 e. The minimum absolute atomic E-state index is 0.729. The van der Waals surface area contributed by atoms with Crippen LogP contribution in [0.3, 0.4) is 0 Å². The van der Waals surface area contributed by atoms with Crippen molar-refractivity contribution in [3.8, 4) is 5.75 Å². The molecule has 0 radical (unpaired) electrons. The molecule has 1 aliphatic heterocycles. The third kappa shape index (κ3) is 5.34. The van der Waals surface area contributed by atoms with Gasteiger partial charge in [-0.25, -0.2) is 4.98 Å². The largest absolute Gasteiger partial charge is 0.494 e. The summed E-state index contributed by atoms with van der Waals surface area (Å²) in [6.45, 7) is 9.37. The number of nitrogens with zero attached hydrogens (tertiary/aromatic N) is 5. The molecule has 28 heavy (non-hydrogen) atoms. The Morgan fingerprint density at radius 1 is 1.25 bits per heavy atom. The van der Waals surface area contributed by atoms with Gasteiger partial charge in [-0.3, -0.25) is 4.99 Å². The highest BCUT2D eigenvalue weighted by Crippen LogP contribution is 2.19. The molecule has 1 N–H and O–H groups in total. The Morgan fingerprint density at radius 3 is 2.75 bits per heavy atom. The summed E-state index contributed by atoms with van der Waals surface area (Å²) in [5.74, 6) is 2.80. The van der Waals surface area contributed by atoms with E-state index in [4.69, 9.17) is 4.74 Å². The quantitative estimate of drug-likeness (QED) is 0.567. The summed E-state index contributed by atoms with van der Waals surface area (Å²) in [5, 5.41) is 4.51. The third-order valence-corrected chi connectivity index (χ3v) is 5.47. The Labute approximate surface area is 171 Å². The van der Waals surface area contributed by atoms with Gasteiger partial charge in [0.05, 0.1) is 6.61 Å². The van der Waals surface area contributed by atoms with Crippen LogP contribution in [0.25, 0.3) is 0 Å². The zero-order chi connectivity index (χ0) is 19.8. The van der Waals surface area contributed by atoms with Crippen LogP contribution >= 0.6 is 11.5 Å². The van der Waals surface area contributed by atoms with Crippen LogP contribution in [-0.4, -0.2) is 60.1 Å². The van der Waals surface area contributed by atoms with E-state index in [-0.39, 0.29) is 0 Å². The second-order valence-electron chi connectivity index (χ2n) is 6.72. The summed E-state index contributed by atoms with van der Waals surface area (Å²) in [6.07, 6.45) is 1.90. The molecule has 0 spiro atoms. The molecular formula is C20H30N6OS. The van der Waals surface area contributed by atoms with Crippen LogP contribution in [0.2, 0.25) is 0 Å². The Morgan fingerprint density at radius 2 is 2.07 bits per heavy atom. The molecule has 1 saturated heterocycles. The van der Waals surface area contributed by atoms with Gasteiger partial charge < -0.3 is 19.9 Å². The molecular weight excluding hydrogens is 372 g/mol. The van der Waals surface area contributed by atoms with Gasteiger partial charge in [0.2, 0.25) is 5.13 Å². The number of aliphatic imine (C=N–C) groups is 1. The number of benzene rings is 1. The molecule has 0 saturated carbocycles. The summed E-state index contributed by atoms with van der Waals surface area (Å²) in [6, 6.07) is 8.24. The van der Waals surface area contributed by atoms with Gasteiger partial charge in [0.15, 0.2) is 5.96 Å². The minimum atomic E-state index is 0.729. The standard InChI is InChI=1S/C20H30N6OS/c1-4-13-27-17-8-6-7-16(14-17)15-22-19(21-3)25-9-11-26(12-10-25)20-23-18(5-2)24-28-20/h6-8,14H,4-5,9-13,15H2,1-3H3,(H,21,22). The Bertz CT molecular complexity index is 770. The molecule has 0 amide bonds. The molecule has 1 fully saturated rings. The Balaban J connectivity index is 1.51. The Hall–Kier alpha value is -2.35. The van der Waals surface area contributed by atoms with Gasteiger partial charge in [0.25, 0.3) is 0 Å². The predicted octanol–water partition coefficient (Wildman–Crippen LogP) is 2.79. The summed E-state index contributed by atoms with van der Waals surface area (Å²) in [7, 11) is 1.84. The van der Waals surface area contributed by atoms with Crippen LogP contribution in [0.1, 0.15) is 31.7 Å². The first-order valence-electron chi connectivity index (χ1n) is 9.98. The highest BCUT2D eigenvalue weighted by atomic mass is 32.1. The molecule has 1 aliphatic rings. The molecule has 0 unspecified atom stereocenters. The highest BCUT2D eigenvalue weighted by Gasteiger charge is 2.22. The number of piperazine rings is 1. The summed E-state index contributed by atoms with van der Waals surface area (Å²) in [4.78, 5) is 13.7. The van der Waals surface area contributed by atoms with Crippen LogP contribution in [0.4, 0.5) is 5.13 Å². The van der Waals surface area contributed by atoms with Crippen LogP contribution in [0.5, 0.6) is 5.75 Å². The smallest absolute Gasteiger partial charge is 0.205 e. The van der Waals surface area contributed by atoms with Crippen LogP contribution in [0.15, 0.2) is 29.3 Å². The maximum absolute atomic E-state index is 5.72. The van der Waals surface area contributed by atoms with Gasteiger partial charge >= 0.3 is 0 Å². The summed E-state index contributed by atoms with van der Waals surface area (Å²) >= 11 is 1.50. The molecule has 0 atom stereocenters. The van der Waals surface area contributed by atoms with E-state index >= 15 is 0 Å². The number of hydrogen-bond donors (Lipinski definition) is 1. The van der Waals surface area contributed by atoms with E-state index in [1.165, 1.54) is 17.1 Å². The molecule has 7 nitrogen and oxygen atoms in total. The number of rotatable bonds is 7. The number of anilines is 1. The van der Waals surface area contributed by atoms with Crippen molar-refractivity contribution in [1.29, 1.82) is 0 Å². The van der Waals surface area contributed by atoms with Crippen molar-refractivity contribution >= 4 is 22.6 Å². The highest BCUT2D eigenvalue weighted by molar-refractivity contribution is 7.09. The number of ether oxygens (including phenoxy) is 1. The second kappa shape index (κ2) is 10.3. The third-order valence-electron chi connectivity index (χ3n) is 4.66. The van der Waals surface area contributed by atoms with Gasteiger partial charge in [-0.1, -0.05) is 26.0 Å². The average molecular weight is 403 g/mol. The molecule has 2 aromatic rings. The van der Waals surface area contributed by atoms with E-state index < -0.39 is 0 Å². The van der Waals surface area contributed by atoms with Crippen molar-refractivity contribution in [2.45, 2.75) is 33.2 Å². The first-order chi connectivity index (χ1) is 13.7. The number of hydrogen-bond acceptors (Lipinski definition) is 6. The molecule has 3 rings (SSSR count). The maximum atomic E-state index is 5.72. The molecule has 152 valence electrons. The van der Waals surface area contributed by atoms with Crippen LogP contribution < -0.4 is 15.0 Å². The van der Waals surface area contributed by atoms with Gasteiger partial charge in [-0.05, 0) is 24.1 Å². The fourth-order valence-corrected chi connectivity index (χ4v) is 3.91. The second-order valence-corrected chi connectivity index (χ2v) is 7.45. The van der Waals surface area contributed by atoms with Gasteiger partial charge in [0, 0.05) is 57.7 Å². The van der Waals surface area contributed by atoms with Crippen molar-refractivity contribution in [2.24, 2.45) is 4.99 Å². The SMILES string of the molecule is CCCOc1cccc(CNC(=NC)N2CCN(c3nc(CC)ns3)CC2)c1. The lowest BCUT2D eigenvalue weighted by molar-refractivity contribution is 0.317. The minimum Gasteiger partial charge on any atom is -0.494 e. The first-order valence-corrected chi connectivity index (χ1v) is 10.8. The number of aryl methyl sites for hydroxylation is 1. The molecule has 2 heterocycles. The van der Waals surface area contributed by atoms with Gasteiger partial charge in [-0.2, -0.15) is 4.37 Å². The van der Waals surface area contributed by atoms with Crippen LogP contribution in [-0.2, 0) is 13.0 Å². The van der Waals surface area contributed by atoms with E-state index in [9.17, 15) is 0 Å². The Kier molecular flexibility index (Phi) is 7.47. The van der Waals surface area contributed by atoms with Crippen molar-refractivity contribution in [3.05, 3.63) is 35.7 Å². The zero-order valence-electron chi connectivity index (χ0n) is 17.0. The summed E-state index contributed by atoms with van der Waals surface area (Å²) < 4.78 is 10.1. The average Bonchev–Trinajstić information content (AvgIpc) is 3.23. The van der Waals surface area contributed by atoms with Crippen LogP contribution in [0, 0.1) is 0 Å². The predicted molar refractivity (Wildman–Crippen MR) is 115 cm³/mol. The van der Waals surface area contributed by atoms with Crippen molar-refractivity contribution in [1.82, 2.24) is 19.6 Å². The van der Waals surface area contributed by atoms with E-state index in [0.29, 0.717) is 0 Å². The van der Waals surface area contributed by atoms with Crippen molar-refractivity contribution in [3.63, 3.8) is 0 Å². The molecule has 1 aromatic heterocycles. The van der Waals surface area contributed by atoms with Crippen molar-refractivity contribution in [2.75, 3.05) is 44.7 Å². The van der Waals surface area contributed by atoms with Gasteiger partial charge in [-0.15, -0.1) is 0 Å². The van der Waals surface area contributed by atoms with E-state index in [1.54, 1.807) is 0 Å². The normalized spacial score (nSPS) is 15.0. The number of nitrogens with one attached hydrogen (secondary N) is 1. The number of aromatic nitrogens is 2. The first kappa shape index (κ1) is 20.4. The van der Waals surface area contributed by atoms with Crippen molar-refractivity contribution < 1.29 is 4.74 Å². The molecule has 8 heteroatoms. The molecule has 1 aromatic carbocycles. The van der Waals surface area contributed by atoms with E-state index in [2.05, 4.69) is 55.4 Å². The lowest BCUT2D eigenvalue weighted by Crippen LogP contribution is -2.52.